The Kier molecular flexibility index (Phi) is 8.25. The number of aliphatic hydroxyl groups is 1. The Morgan fingerprint density at radius 3 is 2.61 bits per heavy atom. The second-order valence-corrected chi connectivity index (χ2v) is 9.41. The number of amides is 1. The first kappa shape index (κ1) is 27.0. The van der Waals surface area contributed by atoms with E-state index in [1.165, 1.54) is 30.3 Å². The summed E-state index contributed by atoms with van der Waals surface area (Å²) in [6.07, 6.45) is 3.07. The first-order valence-electron chi connectivity index (χ1n) is 11.9. The number of halogens is 3. The highest BCUT2D eigenvalue weighted by Crippen LogP contribution is 2.27. The van der Waals surface area contributed by atoms with Crippen molar-refractivity contribution in [2.24, 2.45) is 0 Å². The Bertz CT molecular complexity index is 1510. The molecule has 2 aromatic carbocycles. The predicted molar refractivity (Wildman–Crippen MR) is 139 cm³/mol. The van der Waals surface area contributed by atoms with E-state index in [9.17, 15) is 15.2 Å². The summed E-state index contributed by atoms with van der Waals surface area (Å²) in [4.78, 5) is 17.3. The zero-order chi connectivity index (χ0) is 27.4. The van der Waals surface area contributed by atoms with Gasteiger partial charge in [-0.1, -0.05) is 11.6 Å². The number of carbonyl (C=O) groups is 1. The molecule has 2 heterocycles. The maximum Gasteiger partial charge on any atom is 0.251 e. The normalized spacial score (nSPS) is 11.9. The minimum Gasteiger partial charge on any atom is -0.490 e. The van der Waals surface area contributed by atoms with Crippen molar-refractivity contribution in [2.45, 2.75) is 38.8 Å². The molecule has 196 valence electrons. The van der Waals surface area contributed by atoms with E-state index in [1.54, 1.807) is 28.9 Å². The van der Waals surface area contributed by atoms with Gasteiger partial charge in [0.1, 0.15) is 23.5 Å². The average Bonchev–Trinajstić information content (AvgIpc) is 3.32. The molecular formula is C28H25ClF2N4O3. The Morgan fingerprint density at radius 1 is 1.24 bits per heavy atom. The van der Waals surface area contributed by atoms with Crippen LogP contribution >= 0.6 is 11.6 Å². The maximum atomic E-state index is 15.1. The number of nitrogens with zero attached hydrogens (tertiary/aromatic N) is 3. The van der Waals surface area contributed by atoms with Crippen LogP contribution in [0.15, 0.2) is 54.9 Å². The van der Waals surface area contributed by atoms with Crippen LogP contribution in [-0.4, -0.2) is 39.2 Å². The third-order valence-corrected chi connectivity index (χ3v) is 6.16. The molecule has 0 spiro atoms. The summed E-state index contributed by atoms with van der Waals surface area (Å²) < 4.78 is 37.5. The summed E-state index contributed by atoms with van der Waals surface area (Å²) in [6, 6.07) is 11.4. The van der Waals surface area contributed by atoms with Crippen LogP contribution in [0, 0.1) is 23.0 Å². The molecule has 1 unspecified atom stereocenters. The van der Waals surface area contributed by atoms with Crippen molar-refractivity contribution in [3.05, 3.63) is 88.2 Å². The van der Waals surface area contributed by atoms with E-state index in [0.717, 1.165) is 0 Å². The number of nitriles is 1. The van der Waals surface area contributed by atoms with Crippen LogP contribution in [0.4, 0.5) is 8.78 Å². The summed E-state index contributed by atoms with van der Waals surface area (Å²) in [5.41, 5.74) is 1.18. The Balaban J connectivity index is 1.55. The molecule has 0 bridgehead atoms. The van der Waals surface area contributed by atoms with Crippen LogP contribution < -0.4 is 10.1 Å². The number of fused-ring (bicyclic) bond motifs is 1. The molecule has 0 radical (unpaired) electrons. The molecule has 0 aliphatic carbocycles. The monoisotopic (exact) mass is 538 g/mol. The topological polar surface area (TPSA) is 99.7 Å². The van der Waals surface area contributed by atoms with E-state index in [4.69, 9.17) is 16.3 Å². The second kappa shape index (κ2) is 11.6. The number of aliphatic hydroxyl groups excluding tert-OH is 1. The molecule has 0 aliphatic rings. The van der Waals surface area contributed by atoms with Crippen molar-refractivity contribution < 1.29 is 23.4 Å². The first-order chi connectivity index (χ1) is 18.2. The lowest BCUT2D eigenvalue weighted by molar-refractivity contribution is 0.0929. The van der Waals surface area contributed by atoms with Crippen LogP contribution in [0.1, 0.15) is 41.8 Å². The number of nitrogens with one attached hydrogen (secondary N) is 1. The Hall–Kier alpha value is -4.00. The van der Waals surface area contributed by atoms with Crippen LogP contribution in [0.25, 0.3) is 16.9 Å². The summed E-state index contributed by atoms with van der Waals surface area (Å²) in [6.45, 7) is 3.33. The molecule has 0 saturated heterocycles. The van der Waals surface area contributed by atoms with E-state index in [2.05, 4.69) is 10.3 Å². The van der Waals surface area contributed by atoms with Gasteiger partial charge in [0.2, 0.25) is 0 Å². The Labute approximate surface area is 223 Å². The van der Waals surface area contributed by atoms with Gasteiger partial charge < -0.3 is 19.6 Å². The summed E-state index contributed by atoms with van der Waals surface area (Å²) >= 11 is 6.15. The van der Waals surface area contributed by atoms with Crippen LogP contribution in [-0.2, 0) is 6.42 Å². The molecule has 1 amide bonds. The van der Waals surface area contributed by atoms with Crippen LogP contribution in [0.2, 0.25) is 5.02 Å². The molecule has 1 atom stereocenters. The fourth-order valence-corrected chi connectivity index (χ4v) is 4.29. The van der Waals surface area contributed by atoms with E-state index < -0.39 is 23.6 Å². The summed E-state index contributed by atoms with van der Waals surface area (Å²) in [7, 11) is 0. The fourth-order valence-electron chi connectivity index (χ4n) is 4.08. The van der Waals surface area contributed by atoms with Crippen molar-refractivity contribution in [2.75, 3.05) is 6.61 Å². The molecule has 7 nitrogen and oxygen atoms in total. The van der Waals surface area contributed by atoms with Crippen molar-refractivity contribution >= 4 is 23.2 Å². The van der Waals surface area contributed by atoms with E-state index in [1.807, 2.05) is 19.9 Å². The van der Waals surface area contributed by atoms with Crippen molar-refractivity contribution in [1.82, 2.24) is 14.7 Å². The van der Waals surface area contributed by atoms with Gasteiger partial charge in [-0.25, -0.2) is 13.8 Å². The number of rotatable bonds is 9. The predicted octanol–water partition coefficient (Wildman–Crippen LogP) is 5.32. The average molecular weight is 539 g/mol. The highest BCUT2D eigenvalue weighted by atomic mass is 35.5. The summed E-state index contributed by atoms with van der Waals surface area (Å²) in [5.74, 6) is -1.80. The van der Waals surface area contributed by atoms with E-state index >= 15 is 8.78 Å². The first-order valence-corrected chi connectivity index (χ1v) is 12.3. The van der Waals surface area contributed by atoms with Crippen molar-refractivity contribution in [3.8, 4) is 23.1 Å². The van der Waals surface area contributed by atoms with Crippen molar-refractivity contribution in [1.29, 1.82) is 5.26 Å². The molecule has 10 heteroatoms. The number of hydrogen-bond acceptors (Lipinski definition) is 5. The molecule has 4 aromatic rings. The number of imidazole rings is 1. The minimum absolute atomic E-state index is 0.0664. The molecule has 0 fully saturated rings. The third-order valence-electron chi connectivity index (χ3n) is 5.86. The summed E-state index contributed by atoms with van der Waals surface area (Å²) in [5, 5.41) is 22.0. The van der Waals surface area contributed by atoms with Gasteiger partial charge >= 0.3 is 0 Å². The lowest BCUT2D eigenvalue weighted by atomic mass is 9.99. The molecule has 4 rings (SSSR count). The van der Waals surface area contributed by atoms with Crippen LogP contribution in [0.3, 0.4) is 0 Å². The van der Waals surface area contributed by atoms with Gasteiger partial charge in [0, 0.05) is 41.7 Å². The van der Waals surface area contributed by atoms with Gasteiger partial charge in [-0.3, -0.25) is 4.79 Å². The van der Waals surface area contributed by atoms with Gasteiger partial charge in [0.15, 0.2) is 5.65 Å². The molecule has 2 aromatic heterocycles. The largest absolute Gasteiger partial charge is 0.490 e. The molecule has 0 aliphatic heterocycles. The van der Waals surface area contributed by atoms with Gasteiger partial charge in [0.25, 0.3) is 5.91 Å². The minimum atomic E-state index is -0.803. The zero-order valence-corrected chi connectivity index (χ0v) is 21.5. The van der Waals surface area contributed by atoms with Crippen LogP contribution in [0.5, 0.6) is 5.75 Å². The number of pyridine rings is 1. The zero-order valence-electron chi connectivity index (χ0n) is 20.7. The van der Waals surface area contributed by atoms with Gasteiger partial charge in [0.05, 0.1) is 22.4 Å². The number of carbonyl (C=O) groups excluding carboxylic acids is 1. The highest BCUT2D eigenvalue weighted by Gasteiger charge is 2.21. The lowest BCUT2D eigenvalue weighted by Gasteiger charge is -2.19. The Morgan fingerprint density at radius 2 is 1.97 bits per heavy atom. The van der Waals surface area contributed by atoms with Gasteiger partial charge in [-0.05, 0) is 69.2 Å². The molecule has 2 N–H and O–H groups in total. The van der Waals surface area contributed by atoms with Gasteiger partial charge in [-0.2, -0.15) is 5.26 Å². The molecule has 38 heavy (non-hydrogen) atoms. The second-order valence-electron chi connectivity index (χ2n) is 9.01. The number of ether oxygens (including phenoxy) is 1. The van der Waals surface area contributed by atoms with E-state index in [-0.39, 0.29) is 47.8 Å². The van der Waals surface area contributed by atoms with Crippen molar-refractivity contribution in [3.63, 3.8) is 0 Å². The highest BCUT2D eigenvalue weighted by molar-refractivity contribution is 6.33. The number of hydrogen-bond donors (Lipinski definition) is 2. The fraction of sp³-hybridized carbons (Fsp3) is 0.250. The van der Waals surface area contributed by atoms with E-state index in [0.29, 0.717) is 22.1 Å². The SMILES string of the molecule is CC(C)Oc1ccc(C(=O)NC(CCO)Cc2c(F)cc(-c3cn4cccc(Cl)c4n3)cc2F)cc1C#N. The molecule has 0 saturated carbocycles. The van der Waals surface area contributed by atoms with Gasteiger partial charge in [-0.15, -0.1) is 0 Å². The standard InChI is InChI=1S/C28H25ClF2N4O3/c1-16(2)38-26-6-5-17(10-19(26)14-32)28(37)33-20(7-9-36)13-21-23(30)11-18(12-24(21)31)25-15-35-8-3-4-22(29)27(35)34-25/h3-6,8,10-12,15-16,20,36H,7,9,13H2,1-2H3,(H,33,37). The quantitative estimate of drug-likeness (QED) is 0.301. The molecular weight excluding hydrogens is 514 g/mol. The number of benzene rings is 2. The third kappa shape index (κ3) is 5.93. The lowest BCUT2D eigenvalue weighted by Crippen LogP contribution is -2.37. The smallest absolute Gasteiger partial charge is 0.251 e. The maximum absolute atomic E-state index is 15.1. The number of aromatic nitrogens is 2.